The second-order valence-corrected chi connectivity index (χ2v) is 5.52. The zero-order valence-corrected chi connectivity index (χ0v) is 12.2. The van der Waals surface area contributed by atoms with Crippen molar-refractivity contribution in [2.45, 2.75) is 19.8 Å². The molecule has 0 aliphatic rings. The van der Waals surface area contributed by atoms with Crippen LogP contribution >= 0.6 is 0 Å². The minimum absolute atomic E-state index is 0.0397. The van der Waals surface area contributed by atoms with Gasteiger partial charge >= 0.3 is 0 Å². The highest BCUT2D eigenvalue weighted by Crippen LogP contribution is 2.19. The molecule has 0 radical (unpaired) electrons. The van der Waals surface area contributed by atoms with E-state index in [0.29, 0.717) is 11.5 Å². The number of benzene rings is 2. The van der Waals surface area contributed by atoms with E-state index in [4.69, 9.17) is 0 Å². The molecule has 2 nitrogen and oxygen atoms in total. The predicted octanol–water partition coefficient (Wildman–Crippen LogP) is 4.59. The first-order valence-corrected chi connectivity index (χ1v) is 7.14. The number of nitrogens with zero attached hydrogens (tertiary/aromatic N) is 1. The maximum absolute atomic E-state index is 12.5. The molecule has 0 aliphatic carbocycles. The Kier molecular flexibility index (Phi) is 3.53. The van der Waals surface area contributed by atoms with Crippen molar-refractivity contribution in [2.24, 2.45) is 0 Å². The fourth-order valence-corrected chi connectivity index (χ4v) is 2.39. The molecule has 1 heterocycles. The molecular weight excluding hydrogens is 258 g/mol. The van der Waals surface area contributed by atoms with Crippen LogP contribution in [0.15, 0.2) is 60.8 Å². The van der Waals surface area contributed by atoms with E-state index in [1.807, 2.05) is 54.6 Å². The predicted molar refractivity (Wildman–Crippen MR) is 85.7 cm³/mol. The van der Waals surface area contributed by atoms with Crippen LogP contribution in [0.5, 0.6) is 0 Å². The molecule has 0 aliphatic heterocycles. The third-order valence-electron chi connectivity index (χ3n) is 3.71. The number of rotatable bonds is 3. The Morgan fingerprint density at radius 1 is 0.952 bits per heavy atom. The Morgan fingerprint density at radius 2 is 1.67 bits per heavy atom. The third-order valence-corrected chi connectivity index (χ3v) is 3.71. The first-order chi connectivity index (χ1) is 10.1. The maximum atomic E-state index is 12.5. The molecule has 0 bridgehead atoms. The number of hydrogen-bond acceptors (Lipinski definition) is 2. The minimum atomic E-state index is 0.0397. The van der Waals surface area contributed by atoms with Gasteiger partial charge in [-0.15, -0.1) is 0 Å². The van der Waals surface area contributed by atoms with Crippen molar-refractivity contribution in [3.8, 4) is 0 Å². The van der Waals surface area contributed by atoms with Crippen LogP contribution in [0.2, 0.25) is 0 Å². The van der Waals surface area contributed by atoms with E-state index in [0.717, 1.165) is 16.5 Å². The van der Waals surface area contributed by atoms with E-state index < -0.39 is 0 Å². The Hall–Kier alpha value is -2.48. The lowest BCUT2D eigenvalue weighted by molar-refractivity contribution is 0.103. The summed E-state index contributed by atoms with van der Waals surface area (Å²) in [5.41, 5.74) is 3.49. The lowest BCUT2D eigenvalue weighted by atomic mass is 9.97. The molecule has 104 valence electrons. The Balaban J connectivity index is 1.95. The van der Waals surface area contributed by atoms with Gasteiger partial charge in [0.2, 0.25) is 0 Å². The number of aromatic nitrogens is 1. The van der Waals surface area contributed by atoms with Crippen molar-refractivity contribution in [3.63, 3.8) is 0 Å². The third kappa shape index (κ3) is 2.70. The summed E-state index contributed by atoms with van der Waals surface area (Å²) in [4.78, 5) is 16.8. The van der Waals surface area contributed by atoms with Crippen molar-refractivity contribution in [1.82, 2.24) is 4.98 Å². The molecular formula is C19H17NO. The van der Waals surface area contributed by atoms with Gasteiger partial charge in [-0.2, -0.15) is 0 Å². The van der Waals surface area contributed by atoms with Crippen LogP contribution < -0.4 is 0 Å². The van der Waals surface area contributed by atoms with E-state index in [9.17, 15) is 4.79 Å². The largest absolute Gasteiger partial charge is 0.289 e. The van der Waals surface area contributed by atoms with E-state index >= 15 is 0 Å². The van der Waals surface area contributed by atoms with Crippen LogP contribution in [-0.4, -0.2) is 10.8 Å². The first-order valence-electron chi connectivity index (χ1n) is 7.14. The molecule has 0 atom stereocenters. The van der Waals surface area contributed by atoms with Crippen molar-refractivity contribution in [1.29, 1.82) is 0 Å². The number of carbonyl (C=O) groups is 1. The summed E-state index contributed by atoms with van der Waals surface area (Å²) in [5.74, 6) is 0.511. The van der Waals surface area contributed by atoms with Crippen molar-refractivity contribution in [3.05, 3.63) is 77.5 Å². The molecule has 1 aromatic heterocycles. The summed E-state index contributed by atoms with van der Waals surface area (Å²) >= 11 is 0. The summed E-state index contributed by atoms with van der Waals surface area (Å²) in [5, 5.41) is 1.05. The summed E-state index contributed by atoms with van der Waals surface area (Å²) in [6, 6.07) is 17.4. The molecule has 0 unspecified atom stereocenters. The summed E-state index contributed by atoms with van der Waals surface area (Å²) < 4.78 is 0. The van der Waals surface area contributed by atoms with E-state index in [-0.39, 0.29) is 5.78 Å². The summed E-state index contributed by atoms with van der Waals surface area (Å²) in [6.07, 6.45) is 1.74. The fourth-order valence-electron chi connectivity index (χ4n) is 2.39. The highest BCUT2D eigenvalue weighted by atomic mass is 16.1. The number of carbonyl (C=O) groups excluding carboxylic acids is 1. The van der Waals surface area contributed by atoms with Gasteiger partial charge in [0.15, 0.2) is 5.78 Å². The normalized spacial score (nSPS) is 11.0. The minimum Gasteiger partial charge on any atom is -0.289 e. The fraction of sp³-hybridized carbons (Fsp3) is 0.158. The molecule has 0 spiro atoms. The molecule has 0 N–H and O–H groups in total. The summed E-state index contributed by atoms with van der Waals surface area (Å²) in [7, 11) is 0. The van der Waals surface area contributed by atoms with Crippen LogP contribution in [0.1, 0.15) is 41.3 Å². The molecule has 21 heavy (non-hydrogen) atoms. The average Bonchev–Trinajstić information content (AvgIpc) is 2.54. The SMILES string of the molecule is CC(C)c1ccc(C(=O)c2ccc3cccnc3c2)cc1. The number of pyridine rings is 1. The molecule has 0 saturated heterocycles. The topological polar surface area (TPSA) is 30.0 Å². The van der Waals surface area contributed by atoms with Crippen LogP contribution in [0, 0.1) is 0 Å². The van der Waals surface area contributed by atoms with Crippen LogP contribution in [0.3, 0.4) is 0 Å². The highest BCUT2D eigenvalue weighted by molar-refractivity contribution is 6.10. The maximum Gasteiger partial charge on any atom is 0.193 e. The average molecular weight is 275 g/mol. The van der Waals surface area contributed by atoms with Crippen molar-refractivity contribution in [2.75, 3.05) is 0 Å². The number of fused-ring (bicyclic) bond motifs is 1. The Morgan fingerprint density at radius 3 is 2.38 bits per heavy atom. The molecule has 3 aromatic rings. The van der Waals surface area contributed by atoms with Crippen LogP contribution in [-0.2, 0) is 0 Å². The molecule has 0 amide bonds. The van der Waals surface area contributed by atoms with Gasteiger partial charge in [-0.05, 0) is 23.6 Å². The van der Waals surface area contributed by atoms with Crippen molar-refractivity contribution < 1.29 is 4.79 Å². The van der Waals surface area contributed by atoms with Gasteiger partial charge in [0.25, 0.3) is 0 Å². The molecule has 2 heteroatoms. The highest BCUT2D eigenvalue weighted by Gasteiger charge is 2.10. The van der Waals surface area contributed by atoms with E-state index in [1.54, 1.807) is 6.20 Å². The Bertz CT molecular complexity index is 788. The number of ketones is 1. The standard InChI is InChI=1S/C19H17NO/c1-13(2)14-5-8-16(9-6-14)19(21)17-10-7-15-4-3-11-20-18(15)12-17/h3-13H,1-2H3. The molecule has 0 fully saturated rings. The van der Waals surface area contributed by atoms with Gasteiger partial charge in [0.1, 0.15) is 0 Å². The quantitative estimate of drug-likeness (QED) is 0.654. The Labute approximate surface area is 124 Å². The number of hydrogen-bond donors (Lipinski definition) is 0. The van der Waals surface area contributed by atoms with Gasteiger partial charge in [0.05, 0.1) is 5.52 Å². The van der Waals surface area contributed by atoms with Gasteiger partial charge in [-0.25, -0.2) is 0 Å². The van der Waals surface area contributed by atoms with Gasteiger partial charge in [-0.3, -0.25) is 9.78 Å². The molecule has 2 aromatic carbocycles. The van der Waals surface area contributed by atoms with Gasteiger partial charge < -0.3 is 0 Å². The zero-order chi connectivity index (χ0) is 14.8. The molecule has 0 saturated carbocycles. The van der Waals surface area contributed by atoms with Gasteiger partial charge in [-0.1, -0.05) is 56.3 Å². The van der Waals surface area contributed by atoms with Crippen LogP contribution in [0.4, 0.5) is 0 Å². The van der Waals surface area contributed by atoms with E-state index in [2.05, 4.69) is 18.8 Å². The zero-order valence-electron chi connectivity index (χ0n) is 12.2. The first kappa shape index (κ1) is 13.5. The van der Waals surface area contributed by atoms with E-state index in [1.165, 1.54) is 5.56 Å². The lowest BCUT2D eigenvalue weighted by Gasteiger charge is -2.07. The smallest absolute Gasteiger partial charge is 0.193 e. The molecule has 3 rings (SSSR count). The lowest BCUT2D eigenvalue weighted by Crippen LogP contribution is -2.02. The monoisotopic (exact) mass is 275 g/mol. The second-order valence-electron chi connectivity index (χ2n) is 5.52. The van der Waals surface area contributed by atoms with Gasteiger partial charge in [0, 0.05) is 22.7 Å². The van der Waals surface area contributed by atoms with Crippen molar-refractivity contribution >= 4 is 16.7 Å². The second kappa shape index (κ2) is 5.49. The van der Waals surface area contributed by atoms with Crippen LogP contribution in [0.25, 0.3) is 10.9 Å². The summed E-state index contributed by atoms with van der Waals surface area (Å²) in [6.45, 7) is 4.29.